The van der Waals surface area contributed by atoms with Gasteiger partial charge in [-0.15, -0.1) is 0 Å². The molecule has 0 saturated heterocycles. The lowest BCUT2D eigenvalue weighted by molar-refractivity contribution is 0.0942. The summed E-state index contributed by atoms with van der Waals surface area (Å²) in [6, 6.07) is 25.6. The highest BCUT2D eigenvalue weighted by molar-refractivity contribution is 6.00. The SMILES string of the molecule is Cc1cccc2c1cc(C(=O)NCc1nccc3ccccc13)n2Cc1cccc(C(=N)N)c1. The average Bonchev–Trinajstić information content (AvgIpc) is 3.22. The van der Waals surface area contributed by atoms with Gasteiger partial charge in [-0.1, -0.05) is 54.6 Å². The number of amidine groups is 1. The lowest BCUT2D eigenvalue weighted by Crippen LogP contribution is -2.26. The van der Waals surface area contributed by atoms with Crippen molar-refractivity contribution in [3.63, 3.8) is 0 Å². The Balaban J connectivity index is 1.50. The maximum Gasteiger partial charge on any atom is 0.268 e. The van der Waals surface area contributed by atoms with Crippen LogP contribution in [0.5, 0.6) is 0 Å². The molecule has 0 saturated carbocycles. The third-order valence-corrected chi connectivity index (χ3v) is 6.15. The highest BCUT2D eigenvalue weighted by atomic mass is 16.1. The van der Waals surface area contributed by atoms with Gasteiger partial charge in [0.25, 0.3) is 5.91 Å². The van der Waals surface area contributed by atoms with Crippen LogP contribution in [0.3, 0.4) is 0 Å². The van der Waals surface area contributed by atoms with E-state index >= 15 is 0 Å². The molecule has 0 aliphatic heterocycles. The Kier molecular flexibility index (Phi) is 5.55. The standard InChI is InChI=1S/C28H25N5O/c1-18-6-4-11-25-23(18)15-26(33(25)17-19-7-5-9-21(14-19)27(29)30)28(34)32-16-24-22-10-3-2-8-20(22)12-13-31-24/h2-15H,16-17H2,1H3,(H3,29,30)(H,32,34). The summed E-state index contributed by atoms with van der Waals surface area (Å²) < 4.78 is 2.02. The van der Waals surface area contributed by atoms with E-state index in [4.69, 9.17) is 11.1 Å². The smallest absolute Gasteiger partial charge is 0.268 e. The minimum atomic E-state index is -0.159. The molecular weight excluding hydrogens is 422 g/mol. The van der Waals surface area contributed by atoms with E-state index in [-0.39, 0.29) is 11.7 Å². The van der Waals surface area contributed by atoms with Gasteiger partial charge in [0.2, 0.25) is 0 Å². The summed E-state index contributed by atoms with van der Waals surface area (Å²) in [7, 11) is 0. The minimum Gasteiger partial charge on any atom is -0.384 e. The molecule has 168 valence electrons. The fourth-order valence-corrected chi connectivity index (χ4v) is 4.39. The van der Waals surface area contributed by atoms with Crippen LogP contribution in [0.15, 0.2) is 85.1 Å². The monoisotopic (exact) mass is 447 g/mol. The van der Waals surface area contributed by atoms with Crippen LogP contribution in [0, 0.1) is 12.3 Å². The zero-order valence-corrected chi connectivity index (χ0v) is 18.9. The molecule has 6 heteroatoms. The normalized spacial score (nSPS) is 11.1. The molecule has 2 aromatic heterocycles. The van der Waals surface area contributed by atoms with Crippen LogP contribution in [0.2, 0.25) is 0 Å². The quantitative estimate of drug-likeness (QED) is 0.259. The Morgan fingerprint density at radius 1 is 1.00 bits per heavy atom. The van der Waals surface area contributed by atoms with Crippen molar-refractivity contribution in [3.05, 3.63) is 113 Å². The number of rotatable bonds is 6. The second-order valence-corrected chi connectivity index (χ2v) is 8.40. The van der Waals surface area contributed by atoms with Gasteiger partial charge in [0.15, 0.2) is 0 Å². The van der Waals surface area contributed by atoms with Gasteiger partial charge >= 0.3 is 0 Å². The summed E-state index contributed by atoms with van der Waals surface area (Å²) in [4.78, 5) is 17.9. The molecule has 6 nitrogen and oxygen atoms in total. The summed E-state index contributed by atoms with van der Waals surface area (Å²) in [6.07, 6.45) is 1.77. The first-order valence-corrected chi connectivity index (χ1v) is 11.1. The predicted octanol–water partition coefficient (Wildman–Crippen LogP) is 4.76. The summed E-state index contributed by atoms with van der Waals surface area (Å²) in [5.74, 6) is -0.135. The van der Waals surface area contributed by atoms with Gasteiger partial charge in [0.05, 0.1) is 12.2 Å². The Bertz CT molecular complexity index is 1540. The van der Waals surface area contributed by atoms with Gasteiger partial charge in [-0.25, -0.2) is 0 Å². The van der Waals surface area contributed by atoms with Gasteiger partial charge in [0, 0.05) is 34.6 Å². The molecule has 0 aliphatic rings. The lowest BCUT2D eigenvalue weighted by atomic mass is 10.1. The van der Waals surface area contributed by atoms with Gasteiger partial charge < -0.3 is 15.6 Å². The van der Waals surface area contributed by atoms with Crippen LogP contribution >= 0.6 is 0 Å². The van der Waals surface area contributed by atoms with Crippen molar-refractivity contribution in [1.29, 1.82) is 5.41 Å². The number of hydrogen-bond acceptors (Lipinski definition) is 3. The number of nitrogens with one attached hydrogen (secondary N) is 2. The highest BCUT2D eigenvalue weighted by Gasteiger charge is 2.17. The predicted molar refractivity (Wildman–Crippen MR) is 136 cm³/mol. The first-order chi connectivity index (χ1) is 16.5. The fourth-order valence-electron chi connectivity index (χ4n) is 4.39. The second kappa shape index (κ2) is 8.83. The highest BCUT2D eigenvalue weighted by Crippen LogP contribution is 2.25. The molecule has 34 heavy (non-hydrogen) atoms. The maximum absolute atomic E-state index is 13.4. The molecule has 0 radical (unpaired) electrons. The van der Waals surface area contributed by atoms with Gasteiger partial charge in [0.1, 0.15) is 11.5 Å². The van der Waals surface area contributed by atoms with E-state index < -0.39 is 0 Å². The molecule has 1 amide bonds. The average molecular weight is 448 g/mol. The van der Waals surface area contributed by atoms with Crippen molar-refractivity contribution in [2.75, 3.05) is 0 Å². The number of aromatic nitrogens is 2. The van der Waals surface area contributed by atoms with Crippen LogP contribution < -0.4 is 11.1 Å². The van der Waals surface area contributed by atoms with Crippen molar-refractivity contribution < 1.29 is 4.79 Å². The Labute approximate surface area is 197 Å². The number of hydrogen-bond donors (Lipinski definition) is 3. The molecule has 0 unspecified atom stereocenters. The number of amides is 1. The molecule has 3 aromatic carbocycles. The summed E-state index contributed by atoms with van der Waals surface area (Å²) in [5, 5.41) is 14.0. The Morgan fingerprint density at radius 3 is 2.68 bits per heavy atom. The van der Waals surface area contributed by atoms with Crippen molar-refractivity contribution >= 4 is 33.4 Å². The van der Waals surface area contributed by atoms with E-state index in [1.807, 2.05) is 90.4 Å². The van der Waals surface area contributed by atoms with Crippen molar-refractivity contribution in [3.8, 4) is 0 Å². The molecular formula is C28H25N5O. The first-order valence-electron chi connectivity index (χ1n) is 11.1. The van der Waals surface area contributed by atoms with E-state index in [1.54, 1.807) is 6.20 Å². The number of nitrogens with zero attached hydrogens (tertiary/aromatic N) is 2. The molecule has 0 spiro atoms. The van der Waals surface area contributed by atoms with Crippen LogP contribution in [0.25, 0.3) is 21.7 Å². The van der Waals surface area contributed by atoms with E-state index in [1.165, 1.54) is 0 Å². The molecule has 0 fully saturated rings. The van der Waals surface area contributed by atoms with Gasteiger partial charge in [-0.3, -0.25) is 15.2 Å². The number of nitrogen functional groups attached to an aromatic ring is 1. The zero-order valence-electron chi connectivity index (χ0n) is 18.9. The van der Waals surface area contributed by atoms with E-state index in [0.29, 0.717) is 24.3 Å². The molecule has 0 aliphatic carbocycles. The van der Waals surface area contributed by atoms with E-state index in [9.17, 15) is 4.79 Å². The lowest BCUT2D eigenvalue weighted by Gasteiger charge is -2.13. The van der Waals surface area contributed by atoms with Crippen molar-refractivity contribution in [2.24, 2.45) is 5.73 Å². The molecule has 2 heterocycles. The van der Waals surface area contributed by atoms with Crippen LogP contribution in [0.4, 0.5) is 0 Å². The van der Waals surface area contributed by atoms with E-state index in [2.05, 4.69) is 10.3 Å². The Hall–Kier alpha value is -4.45. The van der Waals surface area contributed by atoms with Crippen LogP contribution in [-0.2, 0) is 13.1 Å². The zero-order chi connectivity index (χ0) is 23.7. The van der Waals surface area contributed by atoms with Gasteiger partial charge in [-0.2, -0.15) is 0 Å². The van der Waals surface area contributed by atoms with Crippen LogP contribution in [-0.4, -0.2) is 21.3 Å². The molecule has 5 rings (SSSR count). The topological polar surface area (TPSA) is 96.8 Å². The number of carbonyl (C=O) groups is 1. The minimum absolute atomic E-state index is 0.0237. The summed E-state index contributed by atoms with van der Waals surface area (Å²) in [5.41, 5.74) is 10.8. The van der Waals surface area contributed by atoms with Crippen LogP contribution in [0.1, 0.15) is 32.9 Å². The molecule has 0 bridgehead atoms. The number of carbonyl (C=O) groups excluding carboxylic acids is 1. The summed E-state index contributed by atoms with van der Waals surface area (Å²) >= 11 is 0. The second-order valence-electron chi connectivity index (χ2n) is 8.40. The fraction of sp³-hybridized carbons (Fsp3) is 0.107. The number of benzene rings is 3. The van der Waals surface area contributed by atoms with Gasteiger partial charge in [-0.05, 0) is 47.7 Å². The van der Waals surface area contributed by atoms with Crippen molar-refractivity contribution in [2.45, 2.75) is 20.0 Å². The Morgan fingerprint density at radius 2 is 1.82 bits per heavy atom. The largest absolute Gasteiger partial charge is 0.384 e. The molecule has 5 aromatic rings. The molecule has 4 N–H and O–H groups in total. The third kappa shape index (κ3) is 4.01. The maximum atomic E-state index is 13.4. The number of aryl methyl sites for hydroxylation is 1. The number of pyridine rings is 1. The number of fused-ring (bicyclic) bond motifs is 2. The third-order valence-electron chi connectivity index (χ3n) is 6.15. The molecule has 0 atom stereocenters. The summed E-state index contributed by atoms with van der Waals surface area (Å²) in [6.45, 7) is 2.87. The van der Waals surface area contributed by atoms with Crippen molar-refractivity contribution in [1.82, 2.24) is 14.9 Å². The van der Waals surface area contributed by atoms with E-state index in [0.717, 1.165) is 38.5 Å². The number of nitrogens with two attached hydrogens (primary N) is 1. The first kappa shape index (κ1) is 21.4.